The summed E-state index contributed by atoms with van der Waals surface area (Å²) < 4.78 is 13.0. The molecule has 18 heavy (non-hydrogen) atoms. The number of halogens is 1. The van der Waals surface area contributed by atoms with Gasteiger partial charge < -0.3 is 5.73 Å². The summed E-state index contributed by atoms with van der Waals surface area (Å²) in [7, 11) is 2.15. The van der Waals surface area contributed by atoms with Crippen LogP contribution in [0, 0.1) is 5.82 Å². The van der Waals surface area contributed by atoms with Gasteiger partial charge in [0.05, 0.1) is 0 Å². The molecule has 0 aliphatic heterocycles. The average molecular weight is 250 g/mol. The molecule has 0 saturated heterocycles. The third-order valence-electron chi connectivity index (χ3n) is 4.18. The van der Waals surface area contributed by atoms with E-state index in [1.165, 1.54) is 31.4 Å². The van der Waals surface area contributed by atoms with Crippen molar-refractivity contribution in [2.45, 2.75) is 50.7 Å². The number of nitrogens with two attached hydrogens (primary N) is 1. The minimum absolute atomic E-state index is 0.0982. The van der Waals surface area contributed by atoms with E-state index in [0.717, 1.165) is 12.0 Å². The van der Waals surface area contributed by atoms with Crippen LogP contribution in [0.2, 0.25) is 0 Å². The van der Waals surface area contributed by atoms with Gasteiger partial charge in [0, 0.05) is 18.1 Å². The molecular weight excluding hydrogens is 227 g/mol. The van der Waals surface area contributed by atoms with Crippen molar-refractivity contribution in [3.05, 3.63) is 35.6 Å². The van der Waals surface area contributed by atoms with Crippen molar-refractivity contribution in [1.29, 1.82) is 0 Å². The van der Waals surface area contributed by atoms with Crippen molar-refractivity contribution >= 4 is 0 Å². The molecule has 1 saturated carbocycles. The zero-order valence-electron chi connectivity index (χ0n) is 11.3. The molecule has 2 atom stereocenters. The van der Waals surface area contributed by atoms with Gasteiger partial charge in [0.2, 0.25) is 0 Å². The summed E-state index contributed by atoms with van der Waals surface area (Å²) in [5, 5.41) is 0. The second-order valence-electron chi connectivity index (χ2n) is 5.32. The fraction of sp³-hybridized carbons (Fsp3) is 0.600. The van der Waals surface area contributed by atoms with E-state index in [4.69, 9.17) is 5.73 Å². The lowest BCUT2D eigenvalue weighted by molar-refractivity contribution is 0.0938. The molecule has 100 valence electrons. The number of rotatable bonds is 5. The van der Waals surface area contributed by atoms with Crippen LogP contribution in [-0.2, 0) is 0 Å². The first kappa shape index (κ1) is 13.5. The Morgan fingerprint density at radius 2 is 1.94 bits per heavy atom. The summed E-state index contributed by atoms with van der Waals surface area (Å²) in [6.07, 6.45) is 4.75. The minimum atomic E-state index is -0.186. The Kier molecular flexibility index (Phi) is 4.36. The summed E-state index contributed by atoms with van der Waals surface area (Å²) >= 11 is 0. The van der Waals surface area contributed by atoms with E-state index in [1.807, 2.05) is 12.1 Å². The maximum atomic E-state index is 13.0. The summed E-state index contributed by atoms with van der Waals surface area (Å²) in [4.78, 5) is 2.38. The van der Waals surface area contributed by atoms with Crippen LogP contribution in [-0.4, -0.2) is 24.0 Å². The van der Waals surface area contributed by atoms with Gasteiger partial charge in [-0.3, -0.25) is 4.90 Å². The number of nitrogens with zero attached hydrogens (tertiary/aromatic N) is 1. The number of benzene rings is 1. The van der Waals surface area contributed by atoms with Gasteiger partial charge in [-0.25, -0.2) is 4.39 Å². The average Bonchev–Trinajstić information content (AvgIpc) is 2.29. The van der Waals surface area contributed by atoms with E-state index in [9.17, 15) is 4.39 Å². The van der Waals surface area contributed by atoms with E-state index in [0.29, 0.717) is 6.04 Å². The molecule has 1 fully saturated rings. The monoisotopic (exact) mass is 250 g/mol. The van der Waals surface area contributed by atoms with E-state index < -0.39 is 0 Å². The van der Waals surface area contributed by atoms with Gasteiger partial charge in [-0.05, 0) is 44.0 Å². The highest BCUT2D eigenvalue weighted by molar-refractivity contribution is 5.22. The second-order valence-corrected chi connectivity index (χ2v) is 5.32. The van der Waals surface area contributed by atoms with Crippen molar-refractivity contribution in [1.82, 2.24) is 4.90 Å². The molecule has 1 aromatic rings. The third kappa shape index (κ3) is 2.73. The largest absolute Gasteiger partial charge is 0.326 e. The summed E-state index contributed by atoms with van der Waals surface area (Å²) in [5.41, 5.74) is 7.39. The lowest BCUT2D eigenvalue weighted by atomic mass is 9.87. The molecule has 0 spiro atoms. The number of hydrogen-bond acceptors (Lipinski definition) is 2. The maximum Gasteiger partial charge on any atom is 0.123 e. The molecule has 1 aromatic carbocycles. The van der Waals surface area contributed by atoms with Crippen molar-refractivity contribution in [2.75, 3.05) is 7.05 Å². The molecule has 1 aliphatic rings. The molecule has 0 aromatic heterocycles. The van der Waals surface area contributed by atoms with Gasteiger partial charge in [-0.2, -0.15) is 0 Å². The summed E-state index contributed by atoms with van der Waals surface area (Å²) in [6, 6.07) is 7.72. The highest BCUT2D eigenvalue weighted by Crippen LogP contribution is 2.33. The Balaban J connectivity index is 2.20. The van der Waals surface area contributed by atoms with Crippen molar-refractivity contribution in [2.24, 2.45) is 5.73 Å². The van der Waals surface area contributed by atoms with Gasteiger partial charge in [-0.15, -0.1) is 0 Å². The van der Waals surface area contributed by atoms with Crippen LogP contribution < -0.4 is 5.73 Å². The first-order valence-corrected chi connectivity index (χ1v) is 6.86. The quantitative estimate of drug-likeness (QED) is 0.870. The fourth-order valence-corrected chi connectivity index (χ4v) is 2.69. The SMILES string of the molecule is CCC(N)C(c1ccc(F)cc1)N(C)C1CCC1. The number of likely N-dealkylation sites (N-methyl/N-ethyl adjacent to an activating group) is 1. The molecule has 0 bridgehead atoms. The Morgan fingerprint density at radius 1 is 1.33 bits per heavy atom. The van der Waals surface area contributed by atoms with Crippen LogP contribution in [0.4, 0.5) is 4.39 Å². The molecule has 2 unspecified atom stereocenters. The van der Waals surface area contributed by atoms with Gasteiger partial charge in [0.1, 0.15) is 5.82 Å². The molecule has 2 N–H and O–H groups in total. The van der Waals surface area contributed by atoms with Crippen LogP contribution >= 0.6 is 0 Å². The van der Waals surface area contributed by atoms with Gasteiger partial charge in [0.15, 0.2) is 0 Å². The first-order valence-electron chi connectivity index (χ1n) is 6.86. The molecule has 1 aliphatic carbocycles. The Labute approximate surface area is 109 Å². The van der Waals surface area contributed by atoms with E-state index in [-0.39, 0.29) is 17.9 Å². The van der Waals surface area contributed by atoms with Crippen LogP contribution in [0.1, 0.15) is 44.2 Å². The van der Waals surface area contributed by atoms with Crippen LogP contribution in [0.25, 0.3) is 0 Å². The van der Waals surface area contributed by atoms with Crippen LogP contribution in [0.15, 0.2) is 24.3 Å². The van der Waals surface area contributed by atoms with Crippen molar-refractivity contribution in [3.63, 3.8) is 0 Å². The van der Waals surface area contributed by atoms with Crippen LogP contribution in [0.5, 0.6) is 0 Å². The summed E-state index contributed by atoms with van der Waals surface area (Å²) in [6.45, 7) is 2.11. The molecule has 2 nitrogen and oxygen atoms in total. The van der Waals surface area contributed by atoms with Gasteiger partial charge >= 0.3 is 0 Å². The predicted octanol–water partition coefficient (Wildman–Crippen LogP) is 3.09. The highest BCUT2D eigenvalue weighted by atomic mass is 19.1. The lowest BCUT2D eigenvalue weighted by Crippen LogP contribution is -2.46. The molecule has 0 heterocycles. The summed E-state index contributed by atoms with van der Waals surface area (Å²) in [5.74, 6) is -0.186. The standard InChI is InChI=1S/C15H23FN2/c1-3-14(17)15(18(2)13-5-4-6-13)11-7-9-12(16)10-8-11/h7-10,13-15H,3-6,17H2,1-2H3. The van der Waals surface area contributed by atoms with Crippen molar-refractivity contribution in [3.8, 4) is 0 Å². The maximum absolute atomic E-state index is 13.0. The topological polar surface area (TPSA) is 29.3 Å². The molecule has 3 heteroatoms. The Bertz CT molecular complexity index is 373. The van der Waals surface area contributed by atoms with Crippen molar-refractivity contribution < 1.29 is 4.39 Å². The van der Waals surface area contributed by atoms with E-state index >= 15 is 0 Å². The molecule has 0 amide bonds. The zero-order chi connectivity index (χ0) is 13.1. The Morgan fingerprint density at radius 3 is 2.39 bits per heavy atom. The highest BCUT2D eigenvalue weighted by Gasteiger charge is 2.31. The van der Waals surface area contributed by atoms with Crippen LogP contribution in [0.3, 0.4) is 0 Å². The first-order chi connectivity index (χ1) is 8.63. The minimum Gasteiger partial charge on any atom is -0.326 e. The Hall–Kier alpha value is -0.930. The zero-order valence-corrected chi connectivity index (χ0v) is 11.3. The number of hydrogen-bond donors (Lipinski definition) is 1. The van der Waals surface area contributed by atoms with Gasteiger partial charge in [-0.1, -0.05) is 25.5 Å². The van der Waals surface area contributed by atoms with Gasteiger partial charge in [0.25, 0.3) is 0 Å². The molecular formula is C15H23FN2. The second kappa shape index (κ2) is 5.81. The fourth-order valence-electron chi connectivity index (χ4n) is 2.69. The predicted molar refractivity (Wildman–Crippen MR) is 72.8 cm³/mol. The van der Waals surface area contributed by atoms with E-state index in [2.05, 4.69) is 18.9 Å². The smallest absolute Gasteiger partial charge is 0.123 e. The van der Waals surface area contributed by atoms with E-state index in [1.54, 1.807) is 0 Å². The lowest BCUT2D eigenvalue weighted by Gasteiger charge is -2.42. The normalized spacial score (nSPS) is 19.6. The molecule has 2 rings (SSSR count). The third-order valence-corrected chi connectivity index (χ3v) is 4.18. The molecule has 0 radical (unpaired) electrons.